The first-order valence-electron chi connectivity index (χ1n) is 10.5. The van der Waals surface area contributed by atoms with E-state index >= 15 is 0 Å². The van der Waals surface area contributed by atoms with Gasteiger partial charge in [-0.3, -0.25) is 4.79 Å². The molecule has 168 valence electrons. The van der Waals surface area contributed by atoms with E-state index in [4.69, 9.17) is 9.26 Å². The highest BCUT2D eigenvalue weighted by Gasteiger charge is 2.29. The van der Waals surface area contributed by atoms with Crippen molar-refractivity contribution in [2.24, 2.45) is 0 Å². The zero-order chi connectivity index (χ0) is 22.4. The molecule has 1 saturated heterocycles. The zero-order valence-corrected chi connectivity index (χ0v) is 18.2. The number of urea groups is 1. The van der Waals surface area contributed by atoms with Gasteiger partial charge < -0.3 is 29.9 Å². The molecule has 0 bridgehead atoms. The van der Waals surface area contributed by atoms with Crippen LogP contribution < -0.4 is 15.4 Å². The molecule has 9 nitrogen and oxygen atoms in total. The lowest BCUT2D eigenvalue weighted by molar-refractivity contribution is 0.0809. The lowest BCUT2D eigenvalue weighted by Crippen LogP contribution is -2.51. The van der Waals surface area contributed by atoms with Crippen LogP contribution in [0, 0.1) is 13.8 Å². The van der Waals surface area contributed by atoms with E-state index in [1.54, 1.807) is 29.2 Å². The number of hydrogen-bond acceptors (Lipinski definition) is 6. The number of aliphatic hydroxyl groups excluding tert-OH is 1. The van der Waals surface area contributed by atoms with Crippen LogP contribution in [0.1, 0.15) is 47.1 Å². The number of ether oxygens (including phenoxy) is 1. The molecule has 0 radical (unpaired) electrons. The van der Waals surface area contributed by atoms with Crippen LogP contribution in [0.3, 0.4) is 0 Å². The van der Waals surface area contributed by atoms with Gasteiger partial charge in [0.05, 0.1) is 23.4 Å². The van der Waals surface area contributed by atoms with E-state index < -0.39 is 12.1 Å². The molecular weight excluding hydrogens is 400 g/mol. The van der Waals surface area contributed by atoms with Gasteiger partial charge in [-0.1, -0.05) is 5.16 Å². The minimum Gasteiger partial charge on any atom is -0.489 e. The maximum absolute atomic E-state index is 12.7. The van der Waals surface area contributed by atoms with Gasteiger partial charge in [0.15, 0.2) is 0 Å². The number of carbonyl (C=O) groups excluding carboxylic acids is 2. The van der Waals surface area contributed by atoms with Crippen LogP contribution in [0.15, 0.2) is 28.8 Å². The summed E-state index contributed by atoms with van der Waals surface area (Å²) in [6.45, 7) is 7.21. The van der Waals surface area contributed by atoms with Gasteiger partial charge in [0.25, 0.3) is 5.91 Å². The highest BCUT2D eigenvalue weighted by molar-refractivity contribution is 5.94. The Labute approximate surface area is 181 Å². The maximum atomic E-state index is 12.7. The van der Waals surface area contributed by atoms with Gasteiger partial charge in [0, 0.05) is 25.2 Å². The molecule has 0 saturated carbocycles. The molecule has 3 amide bonds. The van der Waals surface area contributed by atoms with Crippen molar-refractivity contribution in [1.29, 1.82) is 0 Å². The summed E-state index contributed by atoms with van der Waals surface area (Å²) in [7, 11) is 0. The predicted molar refractivity (Wildman–Crippen MR) is 114 cm³/mol. The molecule has 0 aliphatic carbocycles. The summed E-state index contributed by atoms with van der Waals surface area (Å²) < 4.78 is 10.9. The second-order valence-corrected chi connectivity index (χ2v) is 7.69. The summed E-state index contributed by atoms with van der Waals surface area (Å²) in [5.74, 6) is 1.03. The number of carbonyl (C=O) groups is 2. The number of amides is 3. The van der Waals surface area contributed by atoms with Crippen LogP contribution >= 0.6 is 0 Å². The SMILES string of the molecule is CCNC(=O)N1CCCC(O)C(NC(=O)c2ccc(OCc3c(C)noc3C)cc2)C1. The van der Waals surface area contributed by atoms with Crippen LogP contribution in [0.2, 0.25) is 0 Å². The summed E-state index contributed by atoms with van der Waals surface area (Å²) >= 11 is 0. The second kappa shape index (κ2) is 10.3. The average molecular weight is 431 g/mol. The smallest absolute Gasteiger partial charge is 0.317 e. The Balaban J connectivity index is 1.59. The van der Waals surface area contributed by atoms with E-state index in [-0.39, 0.29) is 18.5 Å². The molecular formula is C22H30N4O5. The Morgan fingerprint density at radius 3 is 2.68 bits per heavy atom. The van der Waals surface area contributed by atoms with Crippen molar-refractivity contribution < 1.29 is 24.0 Å². The highest BCUT2D eigenvalue weighted by atomic mass is 16.5. The topological polar surface area (TPSA) is 117 Å². The van der Waals surface area contributed by atoms with Gasteiger partial charge in [-0.15, -0.1) is 0 Å². The molecule has 9 heteroatoms. The van der Waals surface area contributed by atoms with Gasteiger partial charge in [0.1, 0.15) is 18.1 Å². The number of hydrogen-bond donors (Lipinski definition) is 3. The van der Waals surface area contributed by atoms with Crippen LogP contribution in [0.25, 0.3) is 0 Å². The van der Waals surface area contributed by atoms with Crippen LogP contribution in [0.5, 0.6) is 5.75 Å². The molecule has 1 aliphatic heterocycles. The molecule has 1 aromatic heterocycles. The number of aliphatic hydroxyl groups is 1. The van der Waals surface area contributed by atoms with Gasteiger partial charge in [-0.25, -0.2) is 4.79 Å². The second-order valence-electron chi connectivity index (χ2n) is 7.69. The number of aromatic nitrogens is 1. The first-order chi connectivity index (χ1) is 14.9. The number of nitrogens with one attached hydrogen (secondary N) is 2. The van der Waals surface area contributed by atoms with E-state index in [2.05, 4.69) is 15.8 Å². The normalized spacial score (nSPS) is 18.9. The number of likely N-dealkylation sites (tertiary alicyclic amines) is 1. The molecule has 2 aromatic rings. The Hall–Kier alpha value is -3.07. The third-order valence-electron chi connectivity index (χ3n) is 5.42. The van der Waals surface area contributed by atoms with Crippen LogP contribution in [-0.4, -0.2) is 58.9 Å². The van der Waals surface area contributed by atoms with Crippen molar-refractivity contribution in [2.45, 2.75) is 52.4 Å². The largest absolute Gasteiger partial charge is 0.489 e. The van der Waals surface area contributed by atoms with E-state index in [0.29, 0.717) is 43.9 Å². The standard InChI is InChI=1S/C22H30N4O5/c1-4-23-22(29)26-11-5-6-20(27)19(12-26)24-21(28)16-7-9-17(10-8-16)30-13-18-14(2)25-31-15(18)3/h7-10,19-20,27H,4-6,11-13H2,1-3H3,(H,23,29)(H,24,28). The van der Waals surface area contributed by atoms with Crippen molar-refractivity contribution in [3.63, 3.8) is 0 Å². The number of aryl methyl sites for hydroxylation is 2. The molecule has 3 rings (SSSR count). The zero-order valence-electron chi connectivity index (χ0n) is 18.2. The summed E-state index contributed by atoms with van der Waals surface area (Å²) in [5.41, 5.74) is 2.14. The summed E-state index contributed by atoms with van der Waals surface area (Å²) in [6, 6.07) is 6.06. The monoisotopic (exact) mass is 430 g/mol. The number of benzene rings is 1. The van der Waals surface area contributed by atoms with E-state index in [1.165, 1.54) is 0 Å². The average Bonchev–Trinajstić information content (AvgIpc) is 2.96. The van der Waals surface area contributed by atoms with Gasteiger partial charge in [-0.2, -0.15) is 0 Å². The van der Waals surface area contributed by atoms with Crippen molar-refractivity contribution >= 4 is 11.9 Å². The molecule has 2 unspecified atom stereocenters. The lowest BCUT2D eigenvalue weighted by Gasteiger charge is -2.27. The van der Waals surface area contributed by atoms with Crippen molar-refractivity contribution in [2.75, 3.05) is 19.6 Å². The van der Waals surface area contributed by atoms with Crippen molar-refractivity contribution in [3.8, 4) is 5.75 Å². The third kappa shape index (κ3) is 5.75. The first kappa shape index (κ1) is 22.6. The fraction of sp³-hybridized carbons (Fsp3) is 0.500. The minimum atomic E-state index is -0.707. The third-order valence-corrected chi connectivity index (χ3v) is 5.42. The molecule has 3 N–H and O–H groups in total. The first-order valence-corrected chi connectivity index (χ1v) is 10.5. The highest BCUT2D eigenvalue weighted by Crippen LogP contribution is 2.18. The van der Waals surface area contributed by atoms with Crippen molar-refractivity contribution in [1.82, 2.24) is 20.7 Å². The van der Waals surface area contributed by atoms with Crippen LogP contribution in [-0.2, 0) is 6.61 Å². The molecule has 0 spiro atoms. The molecule has 1 aliphatic rings. The summed E-state index contributed by atoms with van der Waals surface area (Å²) in [6.07, 6.45) is 0.498. The summed E-state index contributed by atoms with van der Waals surface area (Å²) in [5, 5.41) is 20.0. The minimum absolute atomic E-state index is 0.185. The van der Waals surface area contributed by atoms with E-state index in [9.17, 15) is 14.7 Å². The number of rotatable bonds is 6. The lowest BCUT2D eigenvalue weighted by atomic mass is 10.1. The Morgan fingerprint density at radius 1 is 1.29 bits per heavy atom. The quantitative estimate of drug-likeness (QED) is 0.647. The maximum Gasteiger partial charge on any atom is 0.317 e. The molecule has 2 atom stereocenters. The fourth-order valence-corrected chi connectivity index (χ4v) is 3.55. The van der Waals surface area contributed by atoms with E-state index in [1.807, 2.05) is 20.8 Å². The van der Waals surface area contributed by atoms with Gasteiger partial charge >= 0.3 is 6.03 Å². The van der Waals surface area contributed by atoms with Crippen LogP contribution in [0.4, 0.5) is 4.79 Å². The molecule has 31 heavy (non-hydrogen) atoms. The Morgan fingerprint density at radius 2 is 2.03 bits per heavy atom. The predicted octanol–water partition coefficient (Wildman–Crippen LogP) is 2.16. The van der Waals surface area contributed by atoms with Crippen molar-refractivity contribution in [3.05, 3.63) is 46.8 Å². The van der Waals surface area contributed by atoms with Gasteiger partial charge in [-0.05, 0) is 57.9 Å². The molecule has 1 aromatic carbocycles. The fourth-order valence-electron chi connectivity index (χ4n) is 3.55. The molecule has 1 fully saturated rings. The van der Waals surface area contributed by atoms with E-state index in [0.717, 1.165) is 17.0 Å². The molecule has 2 heterocycles. The number of nitrogens with zero attached hydrogens (tertiary/aromatic N) is 2. The Kier molecular flexibility index (Phi) is 7.51. The van der Waals surface area contributed by atoms with Gasteiger partial charge in [0.2, 0.25) is 0 Å². The summed E-state index contributed by atoms with van der Waals surface area (Å²) in [4.78, 5) is 26.5. The Bertz CT molecular complexity index is 876.